The van der Waals surface area contributed by atoms with Gasteiger partial charge in [-0.15, -0.1) is 0 Å². The maximum absolute atomic E-state index is 13.2. The number of hydrogen-bond donors (Lipinski definition) is 3. The number of carboxylic acid groups (broad SMARTS) is 1. The second-order valence-corrected chi connectivity index (χ2v) is 7.69. The maximum atomic E-state index is 13.2. The topological polar surface area (TPSA) is 103 Å². The number of carbonyl (C=O) groups excluding carboxylic acids is 2. The third-order valence-electron chi connectivity index (χ3n) is 4.98. The molecule has 0 spiro atoms. The van der Waals surface area contributed by atoms with Crippen LogP contribution in [0.25, 0.3) is 0 Å². The molecular formula is C21H23ClF3N3O4. The van der Waals surface area contributed by atoms with Gasteiger partial charge in [0, 0.05) is 35.9 Å². The van der Waals surface area contributed by atoms with Gasteiger partial charge in [0.1, 0.15) is 5.69 Å². The Morgan fingerprint density at radius 3 is 2.34 bits per heavy atom. The third kappa shape index (κ3) is 5.89. The largest absolute Gasteiger partial charge is 0.490 e. The molecule has 3 rings (SSSR count). The predicted molar refractivity (Wildman–Crippen MR) is 112 cm³/mol. The van der Waals surface area contributed by atoms with E-state index in [9.17, 15) is 22.8 Å². The van der Waals surface area contributed by atoms with E-state index in [-0.39, 0.29) is 17.7 Å². The van der Waals surface area contributed by atoms with Crippen LogP contribution in [0.15, 0.2) is 24.3 Å². The molecule has 1 atom stereocenters. The van der Waals surface area contributed by atoms with Crippen molar-refractivity contribution in [2.45, 2.75) is 33.0 Å². The minimum atomic E-state index is -5.08. The van der Waals surface area contributed by atoms with Crippen LogP contribution in [-0.2, 0) is 4.79 Å². The fourth-order valence-corrected chi connectivity index (χ4v) is 3.79. The highest BCUT2D eigenvalue weighted by Gasteiger charge is 2.38. The lowest BCUT2D eigenvalue weighted by atomic mass is 10.0. The zero-order valence-electron chi connectivity index (χ0n) is 17.6. The Morgan fingerprint density at radius 1 is 1.22 bits per heavy atom. The smallest absolute Gasteiger partial charge is 0.475 e. The molecule has 32 heavy (non-hydrogen) atoms. The maximum Gasteiger partial charge on any atom is 0.490 e. The summed E-state index contributed by atoms with van der Waals surface area (Å²) in [5, 5.41) is 11.1. The normalized spacial score (nSPS) is 16.2. The van der Waals surface area contributed by atoms with Crippen LogP contribution < -0.4 is 5.32 Å². The number of nitrogens with one attached hydrogen (secondary N) is 2. The summed E-state index contributed by atoms with van der Waals surface area (Å²) in [5.74, 6) is -2.87. The molecule has 174 valence electrons. The number of H-pyrrole nitrogens is 1. The van der Waals surface area contributed by atoms with E-state index in [1.807, 2.05) is 43.0 Å². The number of aliphatic carboxylic acids is 1. The molecule has 1 amide bonds. The molecule has 0 bridgehead atoms. The first kappa shape index (κ1) is 25.4. The van der Waals surface area contributed by atoms with E-state index >= 15 is 0 Å². The lowest BCUT2D eigenvalue weighted by Gasteiger charge is -2.36. The van der Waals surface area contributed by atoms with E-state index < -0.39 is 12.1 Å². The third-order valence-corrected chi connectivity index (χ3v) is 5.22. The Bertz CT molecular complexity index is 1020. The quantitative estimate of drug-likeness (QED) is 0.587. The summed E-state index contributed by atoms with van der Waals surface area (Å²) >= 11 is 6.13. The van der Waals surface area contributed by atoms with Gasteiger partial charge in [0.25, 0.3) is 5.91 Å². The van der Waals surface area contributed by atoms with Gasteiger partial charge in [-0.2, -0.15) is 13.2 Å². The number of halogens is 4. The van der Waals surface area contributed by atoms with Crippen molar-refractivity contribution >= 4 is 29.3 Å². The molecule has 1 aromatic carbocycles. The number of aromatic amines is 1. The van der Waals surface area contributed by atoms with Crippen molar-refractivity contribution < 1.29 is 32.7 Å². The molecule has 2 aromatic rings. The SMILES string of the molecule is CC(=O)c1c(C)[nH]c(C(=O)N2CCNCC2c2cccc(Cl)c2)c1C.O=C(O)C(F)(F)F. The van der Waals surface area contributed by atoms with Gasteiger partial charge in [-0.3, -0.25) is 9.59 Å². The Balaban J connectivity index is 0.000000451. The van der Waals surface area contributed by atoms with Crippen LogP contribution in [0.1, 0.15) is 50.6 Å². The lowest BCUT2D eigenvalue weighted by Crippen LogP contribution is -2.49. The summed E-state index contributed by atoms with van der Waals surface area (Å²) in [6.07, 6.45) is -5.08. The molecule has 1 saturated heterocycles. The average Bonchev–Trinajstić information content (AvgIpc) is 3.01. The van der Waals surface area contributed by atoms with Crippen molar-refractivity contribution in [2.24, 2.45) is 0 Å². The zero-order valence-corrected chi connectivity index (χ0v) is 18.4. The molecule has 1 aromatic heterocycles. The van der Waals surface area contributed by atoms with Gasteiger partial charge < -0.3 is 20.3 Å². The average molecular weight is 474 g/mol. The highest BCUT2D eigenvalue weighted by Crippen LogP contribution is 2.28. The highest BCUT2D eigenvalue weighted by atomic mass is 35.5. The summed E-state index contributed by atoms with van der Waals surface area (Å²) < 4.78 is 31.7. The van der Waals surface area contributed by atoms with Crippen LogP contribution >= 0.6 is 11.6 Å². The lowest BCUT2D eigenvalue weighted by molar-refractivity contribution is -0.192. The number of hydrogen-bond acceptors (Lipinski definition) is 4. The molecule has 1 unspecified atom stereocenters. The summed E-state index contributed by atoms with van der Waals surface area (Å²) in [6.45, 7) is 7.18. The van der Waals surface area contributed by atoms with Crippen LogP contribution in [0.3, 0.4) is 0 Å². The number of rotatable bonds is 3. The molecule has 1 aliphatic heterocycles. The number of alkyl halides is 3. The van der Waals surface area contributed by atoms with E-state index in [1.54, 1.807) is 0 Å². The minimum absolute atomic E-state index is 0.0306. The highest BCUT2D eigenvalue weighted by molar-refractivity contribution is 6.30. The second kappa shape index (κ2) is 10.2. The van der Waals surface area contributed by atoms with E-state index in [0.29, 0.717) is 29.4 Å². The first-order valence-electron chi connectivity index (χ1n) is 9.62. The van der Waals surface area contributed by atoms with Crippen molar-refractivity contribution in [3.8, 4) is 0 Å². The molecule has 2 heterocycles. The Kier molecular flexibility index (Phi) is 8.08. The molecule has 3 N–H and O–H groups in total. The van der Waals surface area contributed by atoms with E-state index in [0.717, 1.165) is 23.4 Å². The van der Waals surface area contributed by atoms with Crippen molar-refractivity contribution in [3.05, 3.63) is 57.4 Å². The van der Waals surface area contributed by atoms with Crippen molar-refractivity contribution in [1.82, 2.24) is 15.2 Å². The van der Waals surface area contributed by atoms with Crippen molar-refractivity contribution in [2.75, 3.05) is 19.6 Å². The molecule has 1 aliphatic rings. The Labute approximate surface area is 187 Å². The number of amides is 1. The van der Waals surface area contributed by atoms with E-state index in [1.165, 1.54) is 6.92 Å². The zero-order chi connectivity index (χ0) is 24.2. The molecule has 7 nitrogen and oxygen atoms in total. The number of benzene rings is 1. The van der Waals surface area contributed by atoms with Gasteiger partial charge in [-0.25, -0.2) is 4.79 Å². The fraction of sp³-hybridized carbons (Fsp3) is 0.381. The number of carbonyl (C=O) groups is 3. The van der Waals surface area contributed by atoms with Crippen molar-refractivity contribution in [1.29, 1.82) is 0 Å². The van der Waals surface area contributed by atoms with Gasteiger partial charge in [-0.1, -0.05) is 23.7 Å². The minimum Gasteiger partial charge on any atom is -0.475 e. The monoisotopic (exact) mass is 473 g/mol. The van der Waals surface area contributed by atoms with Crippen LogP contribution in [0.5, 0.6) is 0 Å². The molecule has 1 fully saturated rings. The number of piperazine rings is 1. The summed E-state index contributed by atoms with van der Waals surface area (Å²) in [4.78, 5) is 38.9. The van der Waals surface area contributed by atoms with Crippen molar-refractivity contribution in [3.63, 3.8) is 0 Å². The van der Waals surface area contributed by atoms with Gasteiger partial charge in [0.15, 0.2) is 5.78 Å². The van der Waals surface area contributed by atoms with Gasteiger partial charge in [-0.05, 0) is 44.0 Å². The van der Waals surface area contributed by atoms with Gasteiger partial charge in [0.05, 0.1) is 6.04 Å². The summed E-state index contributed by atoms with van der Waals surface area (Å²) in [5.41, 5.74) is 3.57. The Hall–Kier alpha value is -2.85. The number of Topliss-reactive ketones (excluding diaryl/α,β-unsaturated/α-hetero) is 1. The number of aryl methyl sites for hydroxylation is 1. The molecule has 0 saturated carbocycles. The Morgan fingerprint density at radius 2 is 1.84 bits per heavy atom. The second-order valence-electron chi connectivity index (χ2n) is 7.26. The van der Waals surface area contributed by atoms with Crippen LogP contribution in [0.2, 0.25) is 5.02 Å². The van der Waals surface area contributed by atoms with E-state index in [2.05, 4.69) is 10.3 Å². The van der Waals surface area contributed by atoms with Crippen LogP contribution in [0.4, 0.5) is 13.2 Å². The molecule has 0 aliphatic carbocycles. The summed E-state index contributed by atoms with van der Waals surface area (Å²) in [6, 6.07) is 7.51. The molecular weight excluding hydrogens is 451 g/mol. The molecule has 11 heteroatoms. The fourth-order valence-electron chi connectivity index (χ4n) is 3.59. The number of ketones is 1. The number of nitrogens with zero attached hydrogens (tertiary/aromatic N) is 1. The van der Waals surface area contributed by atoms with Gasteiger partial charge in [0.2, 0.25) is 0 Å². The number of aromatic nitrogens is 1. The molecule has 0 radical (unpaired) electrons. The van der Waals surface area contributed by atoms with Crippen LogP contribution in [-0.4, -0.2) is 58.5 Å². The summed E-state index contributed by atoms with van der Waals surface area (Å²) in [7, 11) is 0. The predicted octanol–water partition coefficient (Wildman–Crippen LogP) is 3.91. The standard InChI is InChI=1S/C19H22ClN3O2.C2HF3O2/c1-11-17(13(3)24)12(2)22-18(11)19(25)23-8-7-21-10-16(23)14-5-4-6-15(20)9-14;3-2(4,5)1(6)7/h4-6,9,16,21-22H,7-8,10H2,1-3H3;(H,6,7). The van der Waals surface area contributed by atoms with Gasteiger partial charge >= 0.3 is 12.1 Å². The van der Waals surface area contributed by atoms with E-state index in [4.69, 9.17) is 21.5 Å². The van der Waals surface area contributed by atoms with Crippen LogP contribution in [0, 0.1) is 13.8 Å². The number of carboxylic acids is 1. The first-order valence-corrected chi connectivity index (χ1v) is 9.99. The first-order chi connectivity index (χ1) is 14.8.